The monoisotopic (exact) mass is 257 g/mol. The fraction of sp³-hybridized carbons (Fsp3) is 0.455. The lowest BCUT2D eigenvalue weighted by atomic mass is 10.2. The van der Waals surface area contributed by atoms with Crippen LogP contribution in [-0.2, 0) is 16.4 Å². The molecule has 1 aromatic rings. The van der Waals surface area contributed by atoms with Crippen LogP contribution in [0.4, 0.5) is 0 Å². The molecule has 2 N–H and O–H groups in total. The molecule has 0 atom stereocenters. The Balaban J connectivity index is 2.11. The lowest BCUT2D eigenvalue weighted by Gasteiger charge is -2.27. The van der Waals surface area contributed by atoms with Gasteiger partial charge in [-0.05, 0) is 17.7 Å². The molecular weight excluding hydrogens is 242 g/mol. The molecule has 0 radical (unpaired) electrons. The molecule has 5 nitrogen and oxygen atoms in total. The topological polar surface area (TPSA) is 78.6 Å². The maximum Gasteiger partial charge on any atom is 0.161 e. The largest absolute Gasteiger partial charge is 0.493 e. The molecule has 2 rings (SSSR count). The molecule has 6 heteroatoms. The molecule has 17 heavy (non-hydrogen) atoms. The van der Waals surface area contributed by atoms with Crippen molar-refractivity contribution >= 4 is 9.84 Å². The van der Waals surface area contributed by atoms with E-state index in [0.29, 0.717) is 18.0 Å². The molecule has 1 aliphatic rings. The average Bonchev–Trinajstić information content (AvgIpc) is 2.27. The molecule has 1 aromatic carbocycles. The standard InChI is InChI=1S/C11H15NO4S/c1-15-11-4-8(5-12)2-3-10(11)16-9-6-17(13,14)7-9/h2-4,9H,5-7,12H2,1H3. The van der Waals surface area contributed by atoms with Crippen molar-refractivity contribution in [3.05, 3.63) is 23.8 Å². The number of ether oxygens (including phenoxy) is 2. The zero-order valence-corrected chi connectivity index (χ0v) is 10.4. The summed E-state index contributed by atoms with van der Waals surface area (Å²) in [6.45, 7) is 0.425. The van der Waals surface area contributed by atoms with Crippen molar-refractivity contribution in [1.29, 1.82) is 0 Å². The number of hydrogen-bond donors (Lipinski definition) is 1. The van der Waals surface area contributed by atoms with Gasteiger partial charge in [-0.1, -0.05) is 6.07 Å². The third-order valence-electron chi connectivity index (χ3n) is 2.64. The Kier molecular flexibility index (Phi) is 3.26. The summed E-state index contributed by atoms with van der Waals surface area (Å²) in [4.78, 5) is 0. The minimum Gasteiger partial charge on any atom is -0.493 e. The van der Waals surface area contributed by atoms with E-state index in [2.05, 4.69) is 0 Å². The van der Waals surface area contributed by atoms with Crippen LogP contribution in [0.1, 0.15) is 5.56 Å². The summed E-state index contributed by atoms with van der Waals surface area (Å²) < 4.78 is 32.8. The van der Waals surface area contributed by atoms with Gasteiger partial charge in [-0.3, -0.25) is 0 Å². The fourth-order valence-electron chi connectivity index (χ4n) is 1.70. The predicted molar refractivity (Wildman–Crippen MR) is 64.0 cm³/mol. The Morgan fingerprint density at radius 1 is 1.35 bits per heavy atom. The van der Waals surface area contributed by atoms with Crippen LogP contribution in [0, 0.1) is 0 Å². The van der Waals surface area contributed by atoms with Crippen molar-refractivity contribution in [2.75, 3.05) is 18.6 Å². The van der Waals surface area contributed by atoms with Gasteiger partial charge in [0, 0.05) is 6.54 Å². The molecular formula is C11H15NO4S. The number of benzene rings is 1. The van der Waals surface area contributed by atoms with E-state index in [1.54, 1.807) is 19.2 Å². The van der Waals surface area contributed by atoms with Crippen molar-refractivity contribution in [2.24, 2.45) is 5.73 Å². The molecule has 1 fully saturated rings. The Hall–Kier alpha value is -1.27. The van der Waals surface area contributed by atoms with Gasteiger partial charge in [0.25, 0.3) is 0 Å². The second-order valence-corrected chi connectivity index (χ2v) is 6.16. The summed E-state index contributed by atoms with van der Waals surface area (Å²) in [6, 6.07) is 5.39. The van der Waals surface area contributed by atoms with Crippen LogP contribution in [-0.4, -0.2) is 33.1 Å². The molecule has 94 valence electrons. The lowest BCUT2D eigenvalue weighted by Crippen LogP contribution is -2.45. The summed E-state index contributed by atoms with van der Waals surface area (Å²) in [5, 5.41) is 0. The normalized spacial score (nSPS) is 18.5. The molecule has 1 aliphatic heterocycles. The fourth-order valence-corrected chi connectivity index (χ4v) is 2.87. The molecule has 0 spiro atoms. The van der Waals surface area contributed by atoms with Gasteiger partial charge >= 0.3 is 0 Å². The molecule has 0 aliphatic carbocycles. The van der Waals surface area contributed by atoms with Gasteiger partial charge in [0.05, 0.1) is 18.6 Å². The zero-order chi connectivity index (χ0) is 12.5. The first-order chi connectivity index (χ1) is 8.04. The summed E-state index contributed by atoms with van der Waals surface area (Å²) in [5.74, 6) is 1.30. The molecule has 1 heterocycles. The van der Waals surface area contributed by atoms with E-state index in [1.165, 1.54) is 0 Å². The van der Waals surface area contributed by atoms with Crippen LogP contribution < -0.4 is 15.2 Å². The number of rotatable bonds is 4. The highest BCUT2D eigenvalue weighted by atomic mass is 32.2. The Labute approximate surface area is 100 Å². The second kappa shape index (κ2) is 4.54. The smallest absolute Gasteiger partial charge is 0.161 e. The number of methoxy groups -OCH3 is 1. The van der Waals surface area contributed by atoms with E-state index < -0.39 is 9.84 Å². The zero-order valence-electron chi connectivity index (χ0n) is 9.55. The molecule has 1 saturated heterocycles. The maximum atomic E-state index is 11.0. The van der Waals surface area contributed by atoms with Crippen molar-refractivity contribution in [3.8, 4) is 11.5 Å². The van der Waals surface area contributed by atoms with Gasteiger partial charge in [-0.2, -0.15) is 0 Å². The number of nitrogens with two attached hydrogens (primary N) is 1. The van der Waals surface area contributed by atoms with Crippen LogP contribution in [0.15, 0.2) is 18.2 Å². The molecule has 0 amide bonds. The van der Waals surface area contributed by atoms with Gasteiger partial charge in [-0.25, -0.2) is 8.42 Å². The average molecular weight is 257 g/mol. The second-order valence-electron chi connectivity index (χ2n) is 4.01. The van der Waals surface area contributed by atoms with Gasteiger partial charge in [0.15, 0.2) is 21.3 Å². The summed E-state index contributed by atoms with van der Waals surface area (Å²) >= 11 is 0. The molecule has 0 aromatic heterocycles. The van der Waals surface area contributed by atoms with Crippen LogP contribution in [0.25, 0.3) is 0 Å². The van der Waals surface area contributed by atoms with E-state index in [1.807, 2.05) is 6.07 Å². The predicted octanol–water partition coefficient (Wildman–Crippen LogP) is 0.330. The summed E-state index contributed by atoms with van der Waals surface area (Å²) in [6.07, 6.45) is -0.266. The van der Waals surface area contributed by atoms with E-state index in [9.17, 15) is 8.42 Å². The SMILES string of the molecule is COc1cc(CN)ccc1OC1CS(=O)(=O)C1. The van der Waals surface area contributed by atoms with Gasteiger partial charge in [0.1, 0.15) is 6.10 Å². The highest BCUT2D eigenvalue weighted by Crippen LogP contribution is 2.30. The van der Waals surface area contributed by atoms with E-state index in [4.69, 9.17) is 15.2 Å². The maximum absolute atomic E-state index is 11.0. The minimum atomic E-state index is -2.87. The lowest BCUT2D eigenvalue weighted by molar-refractivity contribution is 0.219. The van der Waals surface area contributed by atoms with Gasteiger partial charge < -0.3 is 15.2 Å². The van der Waals surface area contributed by atoms with Crippen LogP contribution in [0.2, 0.25) is 0 Å². The van der Waals surface area contributed by atoms with Crippen LogP contribution >= 0.6 is 0 Å². The third-order valence-corrected chi connectivity index (χ3v) is 4.40. The van der Waals surface area contributed by atoms with E-state index in [-0.39, 0.29) is 17.6 Å². The highest BCUT2D eigenvalue weighted by Gasteiger charge is 2.35. The summed E-state index contributed by atoms with van der Waals surface area (Å²) in [5.41, 5.74) is 6.46. The summed E-state index contributed by atoms with van der Waals surface area (Å²) in [7, 11) is -1.33. The Morgan fingerprint density at radius 3 is 2.59 bits per heavy atom. The van der Waals surface area contributed by atoms with Gasteiger partial charge in [-0.15, -0.1) is 0 Å². The Morgan fingerprint density at radius 2 is 2.06 bits per heavy atom. The van der Waals surface area contributed by atoms with E-state index >= 15 is 0 Å². The first-order valence-electron chi connectivity index (χ1n) is 5.28. The van der Waals surface area contributed by atoms with E-state index in [0.717, 1.165) is 5.56 Å². The van der Waals surface area contributed by atoms with Crippen molar-refractivity contribution in [3.63, 3.8) is 0 Å². The molecule has 0 saturated carbocycles. The number of sulfone groups is 1. The van der Waals surface area contributed by atoms with Crippen LogP contribution in [0.3, 0.4) is 0 Å². The van der Waals surface area contributed by atoms with Crippen molar-refractivity contribution in [1.82, 2.24) is 0 Å². The third kappa shape index (κ3) is 2.70. The number of hydrogen-bond acceptors (Lipinski definition) is 5. The molecule has 0 unspecified atom stereocenters. The van der Waals surface area contributed by atoms with Crippen molar-refractivity contribution in [2.45, 2.75) is 12.6 Å². The highest BCUT2D eigenvalue weighted by molar-refractivity contribution is 7.92. The first kappa shape index (κ1) is 12.2. The van der Waals surface area contributed by atoms with Crippen LogP contribution in [0.5, 0.6) is 11.5 Å². The quantitative estimate of drug-likeness (QED) is 0.841. The minimum absolute atomic E-state index is 0.0782. The molecule has 0 bridgehead atoms. The Bertz CT molecular complexity index is 500. The van der Waals surface area contributed by atoms with Gasteiger partial charge in [0.2, 0.25) is 0 Å². The van der Waals surface area contributed by atoms with Crippen molar-refractivity contribution < 1.29 is 17.9 Å². The first-order valence-corrected chi connectivity index (χ1v) is 7.10.